The molecule has 0 saturated heterocycles. The van der Waals surface area contributed by atoms with Crippen LogP contribution in [0.2, 0.25) is 0 Å². The Hall–Kier alpha value is -1.46. The lowest BCUT2D eigenvalue weighted by Crippen LogP contribution is -2.16. The van der Waals surface area contributed by atoms with Gasteiger partial charge in [0.15, 0.2) is 0 Å². The molecular weight excluding hydrogens is 272 g/mol. The van der Waals surface area contributed by atoms with Gasteiger partial charge < -0.3 is 9.84 Å². The number of thiazole rings is 1. The van der Waals surface area contributed by atoms with Crippen molar-refractivity contribution < 1.29 is 9.84 Å². The molecule has 0 aliphatic rings. The van der Waals surface area contributed by atoms with Gasteiger partial charge in [-0.2, -0.15) is 0 Å². The van der Waals surface area contributed by atoms with Crippen molar-refractivity contribution in [2.24, 2.45) is 0 Å². The van der Waals surface area contributed by atoms with Gasteiger partial charge in [-0.25, -0.2) is 4.98 Å². The molecule has 1 unspecified atom stereocenters. The molecule has 0 spiro atoms. The average Bonchev–Trinajstić information content (AvgIpc) is 2.79. The number of aliphatic hydroxyl groups is 1. The first-order chi connectivity index (χ1) is 9.51. The third-order valence-corrected chi connectivity index (χ3v) is 4.11. The molecular formula is C15H20N2O2S. The summed E-state index contributed by atoms with van der Waals surface area (Å²) >= 11 is 1.61. The van der Waals surface area contributed by atoms with Crippen LogP contribution < -0.4 is 4.74 Å². The van der Waals surface area contributed by atoms with E-state index in [4.69, 9.17) is 4.74 Å². The van der Waals surface area contributed by atoms with Crippen molar-refractivity contribution in [3.8, 4) is 5.75 Å². The van der Waals surface area contributed by atoms with E-state index in [2.05, 4.69) is 9.97 Å². The van der Waals surface area contributed by atoms with Gasteiger partial charge in [-0.05, 0) is 20.8 Å². The van der Waals surface area contributed by atoms with Crippen LogP contribution in [0.5, 0.6) is 5.75 Å². The van der Waals surface area contributed by atoms with Gasteiger partial charge in [-0.1, -0.05) is 0 Å². The highest BCUT2D eigenvalue weighted by Gasteiger charge is 2.15. The van der Waals surface area contributed by atoms with E-state index in [9.17, 15) is 5.11 Å². The summed E-state index contributed by atoms with van der Waals surface area (Å²) in [4.78, 5) is 8.79. The second-order valence-electron chi connectivity index (χ2n) is 4.97. The fraction of sp³-hybridized carbons (Fsp3) is 0.467. The molecule has 0 radical (unpaired) electrons. The van der Waals surface area contributed by atoms with E-state index < -0.39 is 6.10 Å². The first-order valence-corrected chi connectivity index (χ1v) is 7.47. The quantitative estimate of drug-likeness (QED) is 0.920. The number of rotatable bonds is 5. The molecule has 1 N–H and O–H groups in total. The average molecular weight is 292 g/mol. The van der Waals surface area contributed by atoms with Gasteiger partial charge in [0, 0.05) is 41.2 Å². The molecule has 20 heavy (non-hydrogen) atoms. The van der Waals surface area contributed by atoms with Crippen molar-refractivity contribution in [3.05, 3.63) is 39.1 Å². The fourth-order valence-electron chi connectivity index (χ4n) is 2.32. The minimum absolute atomic E-state index is 0.477. The minimum atomic E-state index is -0.477. The molecule has 0 aromatic carbocycles. The highest BCUT2D eigenvalue weighted by atomic mass is 32.1. The molecule has 0 bridgehead atoms. The molecule has 2 aromatic rings. The van der Waals surface area contributed by atoms with Crippen molar-refractivity contribution in [1.29, 1.82) is 0 Å². The zero-order valence-electron chi connectivity index (χ0n) is 12.3. The smallest absolute Gasteiger partial charge is 0.128 e. The van der Waals surface area contributed by atoms with Crippen LogP contribution in [0.4, 0.5) is 0 Å². The van der Waals surface area contributed by atoms with Crippen LogP contribution in [0.1, 0.15) is 27.5 Å². The monoisotopic (exact) mass is 292 g/mol. The lowest BCUT2D eigenvalue weighted by atomic mass is 10.0. The molecule has 4 nitrogen and oxygen atoms in total. The zero-order chi connectivity index (χ0) is 14.7. The largest absolute Gasteiger partial charge is 0.496 e. The van der Waals surface area contributed by atoms with Gasteiger partial charge in [-0.15, -0.1) is 11.3 Å². The van der Waals surface area contributed by atoms with Crippen LogP contribution >= 0.6 is 11.3 Å². The van der Waals surface area contributed by atoms with Gasteiger partial charge in [0.1, 0.15) is 5.75 Å². The van der Waals surface area contributed by atoms with E-state index in [1.54, 1.807) is 24.6 Å². The third kappa shape index (κ3) is 3.35. The highest BCUT2D eigenvalue weighted by molar-refractivity contribution is 7.09. The summed E-state index contributed by atoms with van der Waals surface area (Å²) in [6.45, 7) is 5.92. The number of ether oxygens (including phenoxy) is 1. The van der Waals surface area contributed by atoms with Crippen LogP contribution in [0.3, 0.4) is 0 Å². The molecule has 0 amide bonds. The Labute approximate surface area is 123 Å². The van der Waals surface area contributed by atoms with Crippen molar-refractivity contribution in [2.45, 2.75) is 39.7 Å². The number of methoxy groups -OCH3 is 1. The SMILES string of the molecule is COc1c(C)cnc(CC(O)Cc2csc(C)n2)c1C. The van der Waals surface area contributed by atoms with Crippen molar-refractivity contribution in [2.75, 3.05) is 7.11 Å². The third-order valence-electron chi connectivity index (χ3n) is 3.29. The van der Waals surface area contributed by atoms with Gasteiger partial charge in [0.05, 0.1) is 23.9 Å². The van der Waals surface area contributed by atoms with E-state index in [1.807, 2.05) is 26.2 Å². The molecule has 0 saturated carbocycles. The van der Waals surface area contributed by atoms with Gasteiger partial charge in [0.25, 0.3) is 0 Å². The number of aromatic nitrogens is 2. The lowest BCUT2D eigenvalue weighted by Gasteiger charge is -2.14. The highest BCUT2D eigenvalue weighted by Crippen LogP contribution is 2.25. The molecule has 5 heteroatoms. The second kappa shape index (κ2) is 6.33. The van der Waals surface area contributed by atoms with Gasteiger partial charge in [-0.3, -0.25) is 4.98 Å². The number of hydrogen-bond acceptors (Lipinski definition) is 5. The molecule has 2 heterocycles. The number of aliphatic hydroxyl groups excluding tert-OH is 1. The van der Waals surface area contributed by atoms with E-state index in [1.165, 1.54) is 0 Å². The summed E-state index contributed by atoms with van der Waals surface area (Å²) in [5, 5.41) is 13.2. The lowest BCUT2D eigenvalue weighted by molar-refractivity contribution is 0.173. The summed E-state index contributed by atoms with van der Waals surface area (Å²) < 4.78 is 5.39. The maximum absolute atomic E-state index is 10.2. The molecule has 0 fully saturated rings. The summed E-state index contributed by atoms with van der Waals surface area (Å²) in [5.74, 6) is 0.853. The molecule has 2 rings (SSSR count). The molecule has 0 aliphatic carbocycles. The van der Waals surface area contributed by atoms with Crippen LogP contribution in [0, 0.1) is 20.8 Å². The normalized spacial score (nSPS) is 12.4. The Morgan fingerprint density at radius 3 is 2.65 bits per heavy atom. The Kier molecular flexibility index (Phi) is 4.73. The van der Waals surface area contributed by atoms with Crippen LogP contribution in [0.15, 0.2) is 11.6 Å². The molecule has 1 atom stereocenters. The molecule has 0 aliphatic heterocycles. The number of aryl methyl sites for hydroxylation is 2. The Morgan fingerprint density at radius 1 is 1.30 bits per heavy atom. The van der Waals surface area contributed by atoms with E-state index in [-0.39, 0.29) is 0 Å². The Morgan fingerprint density at radius 2 is 2.05 bits per heavy atom. The van der Waals surface area contributed by atoms with Crippen molar-refractivity contribution in [3.63, 3.8) is 0 Å². The summed E-state index contributed by atoms with van der Waals surface area (Å²) in [7, 11) is 1.66. The zero-order valence-corrected chi connectivity index (χ0v) is 13.1. The first-order valence-electron chi connectivity index (χ1n) is 6.59. The predicted octanol–water partition coefficient (Wildman–Crippen LogP) is 2.62. The summed E-state index contributed by atoms with van der Waals surface area (Å²) in [6.07, 6.45) is 2.39. The first kappa shape index (κ1) is 14.9. The number of hydrogen-bond donors (Lipinski definition) is 1. The van der Waals surface area contributed by atoms with E-state index in [0.29, 0.717) is 12.8 Å². The van der Waals surface area contributed by atoms with E-state index in [0.717, 1.165) is 33.3 Å². The molecule has 108 valence electrons. The van der Waals surface area contributed by atoms with E-state index >= 15 is 0 Å². The van der Waals surface area contributed by atoms with Crippen molar-refractivity contribution >= 4 is 11.3 Å². The number of pyridine rings is 1. The van der Waals surface area contributed by atoms with Gasteiger partial charge in [0.2, 0.25) is 0 Å². The van der Waals surface area contributed by atoms with Crippen LogP contribution in [-0.2, 0) is 12.8 Å². The minimum Gasteiger partial charge on any atom is -0.496 e. The maximum Gasteiger partial charge on any atom is 0.128 e. The van der Waals surface area contributed by atoms with Crippen molar-refractivity contribution in [1.82, 2.24) is 9.97 Å². The van der Waals surface area contributed by atoms with Crippen LogP contribution in [-0.4, -0.2) is 28.3 Å². The number of nitrogens with zero attached hydrogens (tertiary/aromatic N) is 2. The molecule has 2 aromatic heterocycles. The van der Waals surface area contributed by atoms with Crippen LogP contribution in [0.25, 0.3) is 0 Å². The Bertz CT molecular complexity index is 596. The topological polar surface area (TPSA) is 55.2 Å². The predicted molar refractivity (Wildman–Crippen MR) is 80.5 cm³/mol. The van der Waals surface area contributed by atoms with Gasteiger partial charge >= 0.3 is 0 Å². The summed E-state index contributed by atoms with van der Waals surface area (Å²) in [5.41, 5.74) is 3.84. The second-order valence-corrected chi connectivity index (χ2v) is 6.03. The standard InChI is InChI=1S/C15H20N2O2S/c1-9-7-16-14(10(2)15(9)19-4)6-13(18)5-12-8-20-11(3)17-12/h7-8,13,18H,5-6H2,1-4H3. The fourth-order valence-corrected chi connectivity index (χ4v) is 2.94. The maximum atomic E-state index is 10.2. The summed E-state index contributed by atoms with van der Waals surface area (Å²) in [6, 6.07) is 0. The Balaban J connectivity index is 2.09.